The van der Waals surface area contributed by atoms with Crippen LogP contribution in [0.3, 0.4) is 0 Å². The SMILES string of the molecule is CC(C)n1c(CCNC(=O)c2cc3ccccc3cc2O)n[nH]c1=S. The van der Waals surface area contributed by atoms with Crippen LogP contribution in [0.25, 0.3) is 10.8 Å². The lowest BCUT2D eigenvalue weighted by Crippen LogP contribution is -2.26. The Morgan fingerprint density at radius 1 is 1.32 bits per heavy atom. The number of carbonyl (C=O) groups is 1. The number of aromatic hydroxyl groups is 1. The first-order valence-corrected chi connectivity index (χ1v) is 8.54. The lowest BCUT2D eigenvalue weighted by atomic mass is 10.1. The summed E-state index contributed by atoms with van der Waals surface area (Å²) in [5.41, 5.74) is 0.265. The summed E-state index contributed by atoms with van der Waals surface area (Å²) in [7, 11) is 0. The molecule has 0 radical (unpaired) electrons. The Labute approximate surface area is 150 Å². The van der Waals surface area contributed by atoms with Crippen molar-refractivity contribution in [1.29, 1.82) is 0 Å². The number of phenols is 1. The normalized spacial score (nSPS) is 11.2. The summed E-state index contributed by atoms with van der Waals surface area (Å²) in [6.45, 7) is 4.46. The number of H-pyrrole nitrogens is 1. The highest BCUT2D eigenvalue weighted by Crippen LogP contribution is 2.24. The van der Waals surface area contributed by atoms with Crippen LogP contribution in [0.5, 0.6) is 5.75 Å². The van der Waals surface area contributed by atoms with Gasteiger partial charge in [-0.3, -0.25) is 9.89 Å². The van der Waals surface area contributed by atoms with Crippen LogP contribution in [0.1, 0.15) is 36.1 Å². The number of nitrogens with zero attached hydrogens (tertiary/aromatic N) is 2. The maximum absolute atomic E-state index is 12.4. The van der Waals surface area contributed by atoms with Crippen molar-refractivity contribution in [2.75, 3.05) is 6.54 Å². The van der Waals surface area contributed by atoms with Crippen LogP contribution in [0.2, 0.25) is 0 Å². The first kappa shape index (κ1) is 17.2. The topological polar surface area (TPSA) is 82.9 Å². The van der Waals surface area contributed by atoms with Crippen LogP contribution >= 0.6 is 12.2 Å². The molecule has 25 heavy (non-hydrogen) atoms. The van der Waals surface area contributed by atoms with Gasteiger partial charge in [0.15, 0.2) is 4.77 Å². The average Bonchev–Trinajstić information content (AvgIpc) is 2.95. The van der Waals surface area contributed by atoms with Gasteiger partial charge >= 0.3 is 0 Å². The molecule has 0 spiro atoms. The molecule has 6 nitrogen and oxygen atoms in total. The van der Waals surface area contributed by atoms with Crippen LogP contribution in [0.15, 0.2) is 36.4 Å². The summed E-state index contributed by atoms with van der Waals surface area (Å²) in [5, 5.41) is 21.7. The second-order valence-corrected chi connectivity index (χ2v) is 6.52. The van der Waals surface area contributed by atoms with Crippen LogP contribution < -0.4 is 5.32 Å². The number of amides is 1. The van der Waals surface area contributed by atoms with Crippen LogP contribution in [-0.4, -0.2) is 32.3 Å². The van der Waals surface area contributed by atoms with Gasteiger partial charge in [-0.25, -0.2) is 0 Å². The first-order chi connectivity index (χ1) is 12.0. The Kier molecular flexibility index (Phi) is 4.85. The van der Waals surface area contributed by atoms with E-state index < -0.39 is 0 Å². The number of phenolic OH excluding ortho intramolecular Hbond substituents is 1. The maximum atomic E-state index is 12.4. The fourth-order valence-corrected chi connectivity index (χ4v) is 3.20. The quantitative estimate of drug-likeness (QED) is 0.612. The molecule has 0 fully saturated rings. The minimum atomic E-state index is -0.312. The van der Waals surface area contributed by atoms with Gasteiger partial charge in [0.2, 0.25) is 0 Å². The van der Waals surface area contributed by atoms with Crippen LogP contribution in [-0.2, 0) is 6.42 Å². The van der Waals surface area contributed by atoms with E-state index in [4.69, 9.17) is 12.2 Å². The number of carbonyl (C=O) groups excluding carboxylic acids is 1. The molecule has 0 unspecified atom stereocenters. The van der Waals surface area contributed by atoms with Crippen molar-refractivity contribution in [3.8, 4) is 5.75 Å². The van der Waals surface area contributed by atoms with E-state index in [0.717, 1.165) is 16.6 Å². The second-order valence-electron chi connectivity index (χ2n) is 6.13. The Balaban J connectivity index is 1.71. The van der Waals surface area contributed by atoms with E-state index in [1.165, 1.54) is 0 Å². The van der Waals surface area contributed by atoms with E-state index >= 15 is 0 Å². The summed E-state index contributed by atoms with van der Waals surface area (Å²) in [6.07, 6.45) is 0.547. The highest BCUT2D eigenvalue weighted by atomic mass is 32.1. The number of fused-ring (bicyclic) bond motifs is 1. The summed E-state index contributed by atoms with van der Waals surface area (Å²) >= 11 is 5.21. The highest BCUT2D eigenvalue weighted by molar-refractivity contribution is 7.71. The Morgan fingerprint density at radius 3 is 2.68 bits per heavy atom. The van der Waals surface area contributed by atoms with Crippen molar-refractivity contribution in [2.45, 2.75) is 26.3 Å². The predicted molar refractivity (Wildman–Crippen MR) is 99.4 cm³/mol. The van der Waals surface area contributed by atoms with Gasteiger partial charge in [-0.15, -0.1) is 0 Å². The number of rotatable bonds is 5. The zero-order chi connectivity index (χ0) is 18.0. The fraction of sp³-hybridized carbons (Fsp3) is 0.278. The fourth-order valence-electron chi connectivity index (χ4n) is 2.84. The van der Waals surface area contributed by atoms with E-state index in [2.05, 4.69) is 15.5 Å². The molecule has 0 aliphatic heterocycles. The molecule has 130 valence electrons. The molecule has 0 aliphatic rings. The molecule has 1 amide bonds. The van der Waals surface area contributed by atoms with E-state index in [1.807, 2.05) is 42.7 Å². The first-order valence-electron chi connectivity index (χ1n) is 8.13. The van der Waals surface area contributed by atoms with Crippen molar-refractivity contribution in [1.82, 2.24) is 20.1 Å². The van der Waals surface area contributed by atoms with E-state index in [-0.39, 0.29) is 23.3 Å². The van der Waals surface area contributed by atoms with Crippen molar-refractivity contribution in [3.05, 3.63) is 52.6 Å². The molecule has 0 aliphatic carbocycles. The highest BCUT2D eigenvalue weighted by Gasteiger charge is 2.13. The van der Waals surface area contributed by atoms with Gasteiger partial charge in [0, 0.05) is 19.0 Å². The minimum absolute atomic E-state index is 0.0268. The average molecular weight is 356 g/mol. The molecule has 0 atom stereocenters. The molecular formula is C18H20N4O2S. The molecule has 3 aromatic rings. The van der Waals surface area contributed by atoms with Crippen molar-refractivity contribution in [3.63, 3.8) is 0 Å². The van der Waals surface area contributed by atoms with Gasteiger partial charge < -0.3 is 15.0 Å². The number of benzene rings is 2. The Morgan fingerprint density at radius 2 is 2.00 bits per heavy atom. The van der Waals surface area contributed by atoms with Crippen LogP contribution in [0, 0.1) is 4.77 Å². The molecule has 1 heterocycles. The summed E-state index contributed by atoms with van der Waals surface area (Å²) in [6, 6.07) is 11.1. The van der Waals surface area contributed by atoms with E-state index in [0.29, 0.717) is 17.7 Å². The third-order valence-corrected chi connectivity index (χ3v) is 4.32. The Hall–Kier alpha value is -2.67. The summed E-state index contributed by atoms with van der Waals surface area (Å²) in [5.74, 6) is 0.456. The number of hydrogen-bond donors (Lipinski definition) is 3. The number of aromatic amines is 1. The lowest BCUT2D eigenvalue weighted by molar-refractivity contribution is 0.0951. The van der Waals surface area contributed by atoms with E-state index in [1.54, 1.807) is 12.1 Å². The van der Waals surface area contributed by atoms with E-state index in [9.17, 15) is 9.90 Å². The largest absolute Gasteiger partial charge is 0.507 e. The van der Waals surface area contributed by atoms with Gasteiger partial charge in [0.05, 0.1) is 5.56 Å². The van der Waals surface area contributed by atoms with Crippen molar-refractivity contribution >= 4 is 28.9 Å². The third-order valence-electron chi connectivity index (χ3n) is 4.04. The van der Waals surface area contributed by atoms with Crippen LogP contribution in [0.4, 0.5) is 0 Å². The van der Waals surface area contributed by atoms with Gasteiger partial charge in [0.1, 0.15) is 11.6 Å². The van der Waals surface area contributed by atoms with Gasteiger partial charge in [-0.1, -0.05) is 24.3 Å². The van der Waals surface area contributed by atoms with Crippen molar-refractivity contribution < 1.29 is 9.90 Å². The third kappa shape index (κ3) is 3.56. The minimum Gasteiger partial charge on any atom is -0.507 e. The summed E-state index contributed by atoms with van der Waals surface area (Å²) < 4.78 is 2.50. The molecular weight excluding hydrogens is 336 g/mol. The molecule has 7 heteroatoms. The molecule has 3 rings (SSSR count). The Bertz CT molecular complexity index is 975. The zero-order valence-corrected chi connectivity index (χ0v) is 14.9. The van der Waals surface area contributed by atoms with Gasteiger partial charge in [-0.2, -0.15) is 5.10 Å². The van der Waals surface area contributed by atoms with Gasteiger partial charge in [0.25, 0.3) is 5.91 Å². The number of nitrogens with one attached hydrogen (secondary N) is 2. The molecule has 1 aromatic heterocycles. The molecule has 0 bridgehead atoms. The predicted octanol–water partition coefficient (Wildman–Crippen LogP) is 3.35. The van der Waals surface area contributed by atoms with Crippen molar-refractivity contribution in [2.24, 2.45) is 0 Å². The zero-order valence-electron chi connectivity index (χ0n) is 14.1. The standard InChI is InChI=1S/C18H20N4O2S/c1-11(2)22-16(20-21-18(22)25)7-8-19-17(24)14-9-12-5-3-4-6-13(12)10-15(14)23/h3-6,9-11,23H,7-8H2,1-2H3,(H,19,24)(H,21,25). The maximum Gasteiger partial charge on any atom is 0.255 e. The molecule has 2 aromatic carbocycles. The number of aromatic nitrogens is 3. The second kappa shape index (κ2) is 7.06. The molecule has 3 N–H and O–H groups in total. The molecule has 0 saturated heterocycles. The number of hydrogen-bond acceptors (Lipinski definition) is 4. The smallest absolute Gasteiger partial charge is 0.255 e. The summed E-state index contributed by atoms with van der Waals surface area (Å²) in [4.78, 5) is 12.4. The lowest BCUT2D eigenvalue weighted by Gasteiger charge is -2.11. The van der Waals surface area contributed by atoms with Gasteiger partial charge in [-0.05, 0) is 49.0 Å². The molecule has 0 saturated carbocycles. The monoisotopic (exact) mass is 356 g/mol.